The molecular weight excluding hydrogens is 472 g/mol. The molecule has 1 N–H and O–H groups in total. The summed E-state index contributed by atoms with van der Waals surface area (Å²) in [4.78, 5) is 13.5. The van der Waals surface area contributed by atoms with Crippen LogP contribution in [0, 0.1) is 11.6 Å². The van der Waals surface area contributed by atoms with E-state index in [1.54, 1.807) is 0 Å². The second-order valence-corrected chi connectivity index (χ2v) is 9.92. The summed E-state index contributed by atoms with van der Waals surface area (Å²) in [5.74, 6) is -1.39. The number of aromatic nitrogens is 4. The minimum Gasteiger partial charge on any atom is -0.369 e. The maximum absolute atomic E-state index is 14.4. The molecule has 0 atom stereocenters. The lowest BCUT2D eigenvalue weighted by Gasteiger charge is -2.43. The van der Waals surface area contributed by atoms with Gasteiger partial charge in [0.15, 0.2) is 11.5 Å². The summed E-state index contributed by atoms with van der Waals surface area (Å²) in [6.45, 7) is 10.7. The van der Waals surface area contributed by atoms with Gasteiger partial charge in [0.25, 0.3) is 0 Å². The van der Waals surface area contributed by atoms with Gasteiger partial charge in [-0.1, -0.05) is 17.7 Å². The van der Waals surface area contributed by atoms with Gasteiger partial charge in [-0.15, -0.1) is 0 Å². The Morgan fingerprint density at radius 1 is 0.914 bits per heavy atom. The summed E-state index contributed by atoms with van der Waals surface area (Å²) >= 11 is 6.23. The Bertz CT molecular complexity index is 1340. The second kappa shape index (κ2) is 9.05. The molecule has 182 valence electrons. The third-order valence-corrected chi connectivity index (χ3v) is 6.49. The quantitative estimate of drug-likeness (QED) is 0.408. The number of fused-ring (bicyclic) bond motifs is 1. The van der Waals surface area contributed by atoms with E-state index in [1.807, 2.05) is 24.3 Å². The van der Waals surface area contributed by atoms with Crippen LogP contribution in [0.5, 0.6) is 0 Å². The van der Waals surface area contributed by atoms with E-state index in [4.69, 9.17) is 11.6 Å². The number of nitrogens with one attached hydrogen (secondary N) is 1. The second-order valence-electron chi connectivity index (χ2n) is 9.51. The first kappa shape index (κ1) is 23.4. The van der Waals surface area contributed by atoms with Gasteiger partial charge < -0.3 is 10.2 Å². The lowest BCUT2D eigenvalue weighted by atomic mass is 10.0. The lowest BCUT2D eigenvalue weighted by molar-refractivity contribution is 0.128. The van der Waals surface area contributed by atoms with Crippen molar-refractivity contribution >= 4 is 34.6 Å². The highest BCUT2D eigenvalue weighted by Gasteiger charge is 2.26. The van der Waals surface area contributed by atoms with Crippen LogP contribution in [0.4, 0.5) is 26.1 Å². The lowest BCUT2D eigenvalue weighted by Crippen LogP contribution is -2.53. The molecular formula is C25H26ClF2N7. The van der Waals surface area contributed by atoms with Crippen molar-refractivity contribution in [2.45, 2.75) is 26.3 Å². The molecule has 0 amide bonds. The van der Waals surface area contributed by atoms with Crippen LogP contribution in [0.2, 0.25) is 5.02 Å². The first-order valence-corrected chi connectivity index (χ1v) is 11.8. The molecule has 5 rings (SSSR count). The number of halogens is 3. The molecule has 1 aliphatic heterocycles. The fourth-order valence-electron chi connectivity index (χ4n) is 4.28. The number of rotatable bonds is 4. The minimum atomic E-state index is -0.758. The summed E-state index contributed by atoms with van der Waals surface area (Å²) < 4.78 is 30.3. The molecule has 0 spiro atoms. The molecule has 1 saturated heterocycles. The summed E-state index contributed by atoms with van der Waals surface area (Å²) in [5.41, 5.74) is 1.97. The predicted octanol–water partition coefficient (Wildman–Crippen LogP) is 5.39. The molecule has 0 bridgehead atoms. The van der Waals surface area contributed by atoms with Crippen molar-refractivity contribution in [2.24, 2.45) is 0 Å². The van der Waals surface area contributed by atoms with Gasteiger partial charge in [-0.25, -0.2) is 13.8 Å². The average molecular weight is 498 g/mol. The maximum Gasteiger partial charge on any atom is 0.232 e. The topological polar surface area (TPSA) is 61.6 Å². The normalized spacial score (nSPS) is 15.1. The van der Waals surface area contributed by atoms with Crippen LogP contribution in [-0.2, 0) is 0 Å². The van der Waals surface area contributed by atoms with Crippen LogP contribution < -0.4 is 10.2 Å². The van der Waals surface area contributed by atoms with Gasteiger partial charge in [-0.2, -0.15) is 14.6 Å². The zero-order valence-electron chi connectivity index (χ0n) is 19.8. The SMILES string of the molecule is CC(C)(C)N1CCN(c2ccc(Nc3nc(-c4c(F)cccc4F)nc4c(Cl)cnn34)cc2)CC1. The fraction of sp³-hybridized carbons (Fsp3) is 0.320. The highest BCUT2D eigenvalue weighted by molar-refractivity contribution is 6.33. The predicted molar refractivity (Wildman–Crippen MR) is 134 cm³/mol. The van der Waals surface area contributed by atoms with Crippen molar-refractivity contribution in [3.05, 3.63) is 65.3 Å². The van der Waals surface area contributed by atoms with Gasteiger partial charge >= 0.3 is 0 Å². The van der Waals surface area contributed by atoms with Gasteiger partial charge in [-0.05, 0) is 57.2 Å². The van der Waals surface area contributed by atoms with Crippen molar-refractivity contribution in [1.29, 1.82) is 0 Å². The Morgan fingerprint density at radius 3 is 2.20 bits per heavy atom. The van der Waals surface area contributed by atoms with E-state index in [-0.39, 0.29) is 33.5 Å². The number of hydrogen-bond acceptors (Lipinski definition) is 6. The van der Waals surface area contributed by atoms with Crippen LogP contribution in [0.1, 0.15) is 20.8 Å². The van der Waals surface area contributed by atoms with Crippen molar-refractivity contribution in [2.75, 3.05) is 36.4 Å². The monoisotopic (exact) mass is 497 g/mol. The van der Waals surface area contributed by atoms with E-state index in [1.165, 1.54) is 16.8 Å². The van der Waals surface area contributed by atoms with Gasteiger partial charge in [0.1, 0.15) is 16.7 Å². The summed E-state index contributed by atoms with van der Waals surface area (Å²) in [7, 11) is 0. The molecule has 10 heteroatoms. The van der Waals surface area contributed by atoms with Gasteiger partial charge in [-0.3, -0.25) is 4.90 Å². The molecule has 3 heterocycles. The van der Waals surface area contributed by atoms with E-state index in [0.29, 0.717) is 0 Å². The van der Waals surface area contributed by atoms with Crippen molar-refractivity contribution < 1.29 is 8.78 Å². The molecule has 0 unspecified atom stereocenters. The number of piperazine rings is 1. The molecule has 0 radical (unpaired) electrons. The van der Waals surface area contributed by atoms with Gasteiger partial charge in [0.05, 0.1) is 11.8 Å². The number of benzene rings is 2. The first-order valence-electron chi connectivity index (χ1n) is 11.4. The largest absolute Gasteiger partial charge is 0.369 e. The van der Waals surface area contributed by atoms with Gasteiger partial charge in [0, 0.05) is 43.1 Å². The zero-order valence-corrected chi connectivity index (χ0v) is 20.5. The Balaban J connectivity index is 1.41. The van der Waals surface area contributed by atoms with Gasteiger partial charge in [0.2, 0.25) is 5.95 Å². The highest BCUT2D eigenvalue weighted by atomic mass is 35.5. The van der Waals surface area contributed by atoms with Crippen LogP contribution in [0.3, 0.4) is 0 Å². The standard InChI is InChI=1S/C25H26ClF2N7/c1-25(2,3)34-13-11-33(12-14-34)17-9-7-16(8-10-17)30-24-32-22(21-19(27)5-4-6-20(21)28)31-23-18(26)15-29-35(23)24/h4-10,15H,11-14H2,1-3H3,(H,30,31,32). The van der Waals surface area contributed by atoms with E-state index >= 15 is 0 Å². The van der Waals surface area contributed by atoms with E-state index < -0.39 is 11.6 Å². The van der Waals surface area contributed by atoms with E-state index in [9.17, 15) is 8.78 Å². The molecule has 2 aromatic carbocycles. The van der Waals surface area contributed by atoms with Crippen molar-refractivity contribution in [3.63, 3.8) is 0 Å². The summed E-state index contributed by atoms with van der Waals surface area (Å²) in [6, 6.07) is 11.6. The Kier molecular flexibility index (Phi) is 6.06. The van der Waals surface area contributed by atoms with Crippen LogP contribution in [-0.4, -0.2) is 56.2 Å². The smallest absolute Gasteiger partial charge is 0.232 e. The molecule has 2 aromatic heterocycles. The zero-order chi connectivity index (χ0) is 24.7. The summed E-state index contributed by atoms with van der Waals surface area (Å²) in [6.07, 6.45) is 1.42. The first-order chi connectivity index (χ1) is 16.7. The van der Waals surface area contributed by atoms with Crippen LogP contribution in [0.15, 0.2) is 48.7 Å². The number of nitrogens with zero attached hydrogens (tertiary/aromatic N) is 6. The van der Waals surface area contributed by atoms with Crippen LogP contribution >= 0.6 is 11.6 Å². The maximum atomic E-state index is 14.4. The van der Waals surface area contributed by atoms with Crippen molar-refractivity contribution in [3.8, 4) is 11.4 Å². The molecule has 0 saturated carbocycles. The number of anilines is 3. The molecule has 4 aromatic rings. The molecule has 1 fully saturated rings. The van der Waals surface area contributed by atoms with Crippen LogP contribution in [0.25, 0.3) is 17.0 Å². The highest BCUT2D eigenvalue weighted by Crippen LogP contribution is 2.29. The number of hydrogen-bond donors (Lipinski definition) is 1. The van der Waals surface area contributed by atoms with E-state index in [0.717, 1.165) is 49.7 Å². The van der Waals surface area contributed by atoms with E-state index in [2.05, 4.69) is 51.0 Å². The Hall–Kier alpha value is -3.30. The molecule has 7 nitrogen and oxygen atoms in total. The third kappa shape index (κ3) is 4.66. The molecule has 35 heavy (non-hydrogen) atoms. The third-order valence-electron chi connectivity index (χ3n) is 6.23. The average Bonchev–Trinajstić information content (AvgIpc) is 3.20. The summed E-state index contributed by atoms with van der Waals surface area (Å²) in [5, 5.41) is 7.64. The fourth-order valence-corrected chi connectivity index (χ4v) is 4.44. The Morgan fingerprint density at radius 2 is 1.57 bits per heavy atom. The Labute approximate surface area is 207 Å². The minimum absolute atomic E-state index is 0.119. The van der Waals surface area contributed by atoms with Crippen molar-refractivity contribution in [1.82, 2.24) is 24.5 Å². The molecule has 1 aliphatic rings. The molecule has 0 aliphatic carbocycles.